The number of amides is 1. The number of carbonyl (C=O) groups is 1. The highest BCUT2D eigenvalue weighted by atomic mass is 16.3. The molecule has 0 bridgehead atoms. The van der Waals surface area contributed by atoms with E-state index in [1.54, 1.807) is 0 Å². The van der Waals surface area contributed by atoms with Gasteiger partial charge in [-0.05, 0) is 64.2 Å². The molecule has 0 aliphatic rings. The number of unbranched alkanes of at least 4 members (excludes halogenated alkanes) is 41. The molecular formula is C58H113NO4. The van der Waals surface area contributed by atoms with Crippen molar-refractivity contribution in [3.8, 4) is 0 Å². The standard InChI is InChI=1S/C58H113NO4/c1-3-5-7-9-11-13-15-17-19-20-21-22-23-24-25-26-27-28-29-30-31-32-33-34-35-36-37-38-39-41-43-45-47-49-51-53-57(62)59-55(54-60)58(63)56(61)52-50-48-46-44-42-40-18-16-14-12-10-8-6-4-2/h26-27,44,46,55-56,58,60-61,63H,3-25,28-43,45,47-54H2,1-2H3,(H,59,62)/b27-26-,46-44+. The number of carbonyl (C=O) groups excluding carboxylic acids is 1. The summed E-state index contributed by atoms with van der Waals surface area (Å²) in [4.78, 5) is 12.5. The molecule has 4 N–H and O–H groups in total. The number of hydrogen-bond acceptors (Lipinski definition) is 4. The quantitative estimate of drug-likeness (QED) is 0.0362. The molecule has 0 saturated carbocycles. The van der Waals surface area contributed by atoms with Gasteiger partial charge in [0.25, 0.3) is 0 Å². The lowest BCUT2D eigenvalue weighted by Gasteiger charge is -2.26. The molecule has 0 radical (unpaired) electrons. The minimum atomic E-state index is -1.16. The van der Waals surface area contributed by atoms with Gasteiger partial charge < -0.3 is 20.6 Å². The molecule has 5 heteroatoms. The molecule has 0 aliphatic heterocycles. The van der Waals surface area contributed by atoms with Crippen molar-refractivity contribution in [3.05, 3.63) is 24.3 Å². The summed E-state index contributed by atoms with van der Waals surface area (Å²) >= 11 is 0. The Morgan fingerprint density at radius 3 is 0.921 bits per heavy atom. The van der Waals surface area contributed by atoms with Crippen LogP contribution in [-0.4, -0.2) is 46.1 Å². The van der Waals surface area contributed by atoms with Gasteiger partial charge in [-0.1, -0.05) is 269 Å². The summed E-state index contributed by atoms with van der Waals surface area (Å²) in [6.45, 7) is 4.19. The third-order valence-corrected chi connectivity index (χ3v) is 13.5. The fraction of sp³-hybridized carbons (Fsp3) is 0.914. The molecule has 1 amide bonds. The highest BCUT2D eigenvalue weighted by Crippen LogP contribution is 2.17. The van der Waals surface area contributed by atoms with Gasteiger partial charge in [-0.3, -0.25) is 4.79 Å². The average molecular weight is 889 g/mol. The zero-order valence-corrected chi connectivity index (χ0v) is 42.7. The second-order valence-corrected chi connectivity index (χ2v) is 19.8. The van der Waals surface area contributed by atoms with Gasteiger partial charge in [-0.2, -0.15) is 0 Å². The first-order valence-corrected chi connectivity index (χ1v) is 28.6. The summed E-state index contributed by atoms with van der Waals surface area (Å²) in [6, 6.07) is -0.823. The Morgan fingerprint density at radius 1 is 0.381 bits per heavy atom. The van der Waals surface area contributed by atoms with Crippen molar-refractivity contribution >= 4 is 5.91 Å². The highest BCUT2D eigenvalue weighted by Gasteiger charge is 2.26. The molecule has 0 aromatic carbocycles. The monoisotopic (exact) mass is 888 g/mol. The zero-order valence-electron chi connectivity index (χ0n) is 42.7. The van der Waals surface area contributed by atoms with E-state index in [1.807, 2.05) is 0 Å². The van der Waals surface area contributed by atoms with Crippen molar-refractivity contribution in [2.75, 3.05) is 6.61 Å². The second-order valence-electron chi connectivity index (χ2n) is 19.8. The van der Waals surface area contributed by atoms with Gasteiger partial charge in [-0.15, -0.1) is 0 Å². The highest BCUT2D eigenvalue weighted by molar-refractivity contribution is 5.76. The van der Waals surface area contributed by atoms with Gasteiger partial charge >= 0.3 is 0 Å². The van der Waals surface area contributed by atoms with Crippen LogP contribution in [0.25, 0.3) is 0 Å². The Hall–Kier alpha value is -1.17. The van der Waals surface area contributed by atoms with E-state index < -0.39 is 18.2 Å². The molecular weight excluding hydrogens is 775 g/mol. The van der Waals surface area contributed by atoms with Gasteiger partial charge in [0.2, 0.25) is 5.91 Å². The molecule has 0 aromatic rings. The normalized spacial score (nSPS) is 13.4. The Morgan fingerprint density at radius 2 is 0.635 bits per heavy atom. The van der Waals surface area contributed by atoms with Gasteiger partial charge in [0, 0.05) is 6.42 Å². The third-order valence-electron chi connectivity index (χ3n) is 13.5. The minimum absolute atomic E-state index is 0.150. The predicted molar refractivity (Wildman–Crippen MR) is 278 cm³/mol. The lowest BCUT2D eigenvalue weighted by Crippen LogP contribution is -2.50. The maximum atomic E-state index is 12.5. The summed E-state index contributed by atoms with van der Waals surface area (Å²) in [5, 5.41) is 33.6. The van der Waals surface area contributed by atoms with Gasteiger partial charge in [-0.25, -0.2) is 0 Å². The molecule has 0 saturated heterocycles. The lowest BCUT2D eigenvalue weighted by molar-refractivity contribution is -0.124. The molecule has 3 atom stereocenters. The largest absolute Gasteiger partial charge is 0.394 e. The number of aliphatic hydroxyl groups excluding tert-OH is 3. The Balaban J connectivity index is 3.46. The number of aliphatic hydroxyl groups is 3. The molecule has 0 aromatic heterocycles. The van der Waals surface area contributed by atoms with E-state index in [1.165, 1.54) is 250 Å². The Labute approximate surface area is 394 Å². The van der Waals surface area contributed by atoms with Crippen LogP contribution in [0.3, 0.4) is 0 Å². The van der Waals surface area contributed by atoms with Crippen molar-refractivity contribution in [1.82, 2.24) is 5.32 Å². The van der Waals surface area contributed by atoms with Crippen molar-refractivity contribution in [1.29, 1.82) is 0 Å². The van der Waals surface area contributed by atoms with Crippen molar-refractivity contribution in [2.24, 2.45) is 0 Å². The van der Waals surface area contributed by atoms with E-state index in [0.29, 0.717) is 12.8 Å². The SMILES string of the molecule is CCCCCCCCCCC/C=C/CCCC(O)C(O)C(CO)NC(=O)CCCCCCCCCCCCCCCCCCC/C=C\CCCCCCCCCCCCCCCC. The van der Waals surface area contributed by atoms with Crippen LogP contribution in [0.4, 0.5) is 0 Å². The third kappa shape index (κ3) is 48.6. The molecule has 374 valence electrons. The first kappa shape index (κ1) is 61.8. The zero-order chi connectivity index (χ0) is 45.8. The van der Waals surface area contributed by atoms with Gasteiger partial charge in [0.05, 0.1) is 18.8 Å². The summed E-state index contributed by atoms with van der Waals surface area (Å²) in [5.74, 6) is -0.150. The molecule has 63 heavy (non-hydrogen) atoms. The second kappa shape index (κ2) is 53.4. The van der Waals surface area contributed by atoms with Crippen LogP contribution in [0.5, 0.6) is 0 Å². The minimum Gasteiger partial charge on any atom is -0.394 e. The molecule has 0 aliphatic carbocycles. The predicted octanol–water partition coefficient (Wildman–Crippen LogP) is 17.7. The lowest BCUT2D eigenvalue weighted by atomic mass is 10.0. The molecule has 0 heterocycles. The van der Waals surface area contributed by atoms with Gasteiger partial charge in [0.1, 0.15) is 6.10 Å². The number of rotatable bonds is 53. The maximum Gasteiger partial charge on any atom is 0.220 e. The van der Waals surface area contributed by atoms with Crippen LogP contribution < -0.4 is 5.32 Å². The van der Waals surface area contributed by atoms with E-state index in [-0.39, 0.29) is 12.5 Å². The van der Waals surface area contributed by atoms with Crippen molar-refractivity contribution in [3.63, 3.8) is 0 Å². The molecule has 3 unspecified atom stereocenters. The summed E-state index contributed by atoms with van der Waals surface area (Å²) < 4.78 is 0. The number of hydrogen-bond donors (Lipinski definition) is 4. The van der Waals surface area contributed by atoms with Crippen LogP contribution in [0.1, 0.15) is 316 Å². The van der Waals surface area contributed by atoms with E-state index >= 15 is 0 Å². The molecule has 0 spiro atoms. The summed E-state index contributed by atoms with van der Waals surface area (Å²) in [6.07, 6.45) is 67.8. The maximum absolute atomic E-state index is 12.5. The van der Waals surface area contributed by atoms with E-state index in [4.69, 9.17) is 0 Å². The number of allylic oxidation sites excluding steroid dienone is 4. The fourth-order valence-electron chi connectivity index (χ4n) is 9.10. The smallest absolute Gasteiger partial charge is 0.220 e. The van der Waals surface area contributed by atoms with Crippen molar-refractivity contribution < 1.29 is 20.1 Å². The summed E-state index contributed by atoms with van der Waals surface area (Å²) in [5.41, 5.74) is 0. The molecule has 0 fully saturated rings. The van der Waals surface area contributed by atoms with E-state index in [9.17, 15) is 20.1 Å². The first-order chi connectivity index (χ1) is 31.1. The van der Waals surface area contributed by atoms with Gasteiger partial charge in [0.15, 0.2) is 0 Å². The topological polar surface area (TPSA) is 89.8 Å². The molecule has 0 rings (SSSR count). The molecule has 5 nitrogen and oxygen atoms in total. The van der Waals surface area contributed by atoms with Crippen LogP contribution in [0.15, 0.2) is 24.3 Å². The van der Waals surface area contributed by atoms with Crippen LogP contribution in [0.2, 0.25) is 0 Å². The van der Waals surface area contributed by atoms with Crippen LogP contribution in [-0.2, 0) is 4.79 Å². The number of nitrogens with one attached hydrogen (secondary N) is 1. The summed E-state index contributed by atoms with van der Waals surface area (Å²) in [7, 11) is 0. The van der Waals surface area contributed by atoms with E-state index in [0.717, 1.165) is 38.5 Å². The van der Waals surface area contributed by atoms with E-state index in [2.05, 4.69) is 43.5 Å². The first-order valence-electron chi connectivity index (χ1n) is 28.6. The Bertz CT molecular complexity index is 936. The Kier molecular flexibility index (Phi) is 52.5. The average Bonchev–Trinajstić information content (AvgIpc) is 3.29. The van der Waals surface area contributed by atoms with Crippen LogP contribution in [0, 0.1) is 0 Å². The van der Waals surface area contributed by atoms with Crippen LogP contribution >= 0.6 is 0 Å². The van der Waals surface area contributed by atoms with Crippen molar-refractivity contribution in [2.45, 2.75) is 334 Å². The fourth-order valence-corrected chi connectivity index (χ4v) is 9.10.